The van der Waals surface area contributed by atoms with E-state index in [1.54, 1.807) is 62.4 Å². The summed E-state index contributed by atoms with van der Waals surface area (Å²) in [5, 5.41) is 10.6. The van der Waals surface area contributed by atoms with E-state index in [1.165, 1.54) is 15.9 Å². The van der Waals surface area contributed by atoms with Crippen LogP contribution in [0.3, 0.4) is 0 Å². The molecule has 0 saturated heterocycles. The maximum absolute atomic E-state index is 13.5. The zero-order valence-corrected chi connectivity index (χ0v) is 20.3. The number of fused-ring (bicyclic) bond motifs is 1. The summed E-state index contributed by atoms with van der Waals surface area (Å²) in [6, 6.07) is 11.3. The number of allylic oxidation sites excluding steroid dienone is 1. The van der Waals surface area contributed by atoms with Crippen molar-refractivity contribution in [1.29, 1.82) is 0 Å². The van der Waals surface area contributed by atoms with Crippen LogP contribution in [0.15, 0.2) is 68.0 Å². The number of rotatable bonds is 4. The Kier molecular flexibility index (Phi) is 6.37. The standard InChI is InChI=1S/C23H18BrClN2O4S/c1-3-31-22(30)19-12(2)26-23-27(20(19)15-6-4-5-7-16(15)25)21(29)18(32-23)11-13-10-14(24)8-9-17(13)28/h4-11,20,28H,3H2,1-2H3. The molecule has 0 aliphatic carbocycles. The second-order valence-corrected chi connectivity index (χ2v) is 9.36. The summed E-state index contributed by atoms with van der Waals surface area (Å²) in [5.41, 5.74) is 1.48. The highest BCUT2D eigenvalue weighted by atomic mass is 79.9. The van der Waals surface area contributed by atoms with E-state index in [-0.39, 0.29) is 23.5 Å². The number of halogens is 2. The number of nitrogens with zero attached hydrogens (tertiary/aromatic N) is 2. The van der Waals surface area contributed by atoms with Gasteiger partial charge in [-0.15, -0.1) is 0 Å². The molecule has 1 unspecified atom stereocenters. The molecule has 32 heavy (non-hydrogen) atoms. The summed E-state index contributed by atoms with van der Waals surface area (Å²) in [4.78, 5) is 31.3. The molecule has 0 fully saturated rings. The van der Waals surface area contributed by atoms with Crippen molar-refractivity contribution in [1.82, 2.24) is 4.57 Å². The number of esters is 1. The number of aromatic hydroxyl groups is 1. The van der Waals surface area contributed by atoms with E-state index in [0.29, 0.717) is 31.2 Å². The van der Waals surface area contributed by atoms with Gasteiger partial charge in [-0.1, -0.05) is 57.1 Å². The molecule has 2 heterocycles. The van der Waals surface area contributed by atoms with E-state index in [2.05, 4.69) is 20.9 Å². The van der Waals surface area contributed by atoms with Crippen molar-refractivity contribution in [3.8, 4) is 5.75 Å². The Morgan fingerprint density at radius 1 is 1.34 bits per heavy atom. The monoisotopic (exact) mass is 532 g/mol. The minimum Gasteiger partial charge on any atom is -0.507 e. The predicted molar refractivity (Wildman–Crippen MR) is 128 cm³/mol. The molecule has 4 rings (SSSR count). The van der Waals surface area contributed by atoms with Crippen LogP contribution in [-0.4, -0.2) is 22.2 Å². The normalized spacial score (nSPS) is 16.0. The molecule has 0 spiro atoms. The second-order valence-electron chi connectivity index (χ2n) is 7.03. The van der Waals surface area contributed by atoms with Crippen LogP contribution >= 0.6 is 38.9 Å². The van der Waals surface area contributed by atoms with E-state index in [4.69, 9.17) is 16.3 Å². The van der Waals surface area contributed by atoms with Gasteiger partial charge in [0.05, 0.1) is 22.4 Å². The summed E-state index contributed by atoms with van der Waals surface area (Å²) in [6.07, 6.45) is 1.61. The van der Waals surface area contributed by atoms with Gasteiger partial charge >= 0.3 is 5.97 Å². The third-order valence-corrected chi connectivity index (χ3v) is 6.81. The van der Waals surface area contributed by atoms with Crippen LogP contribution < -0.4 is 14.9 Å². The van der Waals surface area contributed by atoms with Gasteiger partial charge in [0.2, 0.25) is 0 Å². The third-order valence-electron chi connectivity index (χ3n) is 4.99. The number of aromatic nitrogens is 1. The van der Waals surface area contributed by atoms with Crippen LogP contribution in [-0.2, 0) is 9.53 Å². The molecule has 164 valence electrons. The molecule has 1 atom stereocenters. The number of phenols is 1. The van der Waals surface area contributed by atoms with Crippen LogP contribution in [0.1, 0.15) is 31.0 Å². The topological polar surface area (TPSA) is 80.9 Å². The Bertz CT molecular complexity index is 1440. The maximum atomic E-state index is 13.5. The lowest BCUT2D eigenvalue weighted by atomic mass is 9.96. The lowest BCUT2D eigenvalue weighted by Crippen LogP contribution is -2.40. The van der Waals surface area contributed by atoms with Gasteiger partial charge in [0.25, 0.3) is 5.56 Å². The molecular formula is C23H18BrClN2O4S. The van der Waals surface area contributed by atoms with Gasteiger partial charge in [0.15, 0.2) is 4.80 Å². The zero-order chi connectivity index (χ0) is 23.0. The predicted octanol–water partition coefficient (Wildman–Crippen LogP) is 3.92. The highest BCUT2D eigenvalue weighted by Crippen LogP contribution is 2.34. The Hall–Kier alpha value is -2.68. The molecule has 2 aromatic carbocycles. The van der Waals surface area contributed by atoms with Gasteiger partial charge < -0.3 is 9.84 Å². The van der Waals surface area contributed by atoms with E-state index in [1.807, 2.05) is 0 Å². The molecule has 0 bridgehead atoms. The number of carbonyl (C=O) groups is 1. The van der Waals surface area contributed by atoms with Crippen molar-refractivity contribution >= 4 is 50.9 Å². The Labute approximate surface area is 200 Å². The number of ether oxygens (including phenoxy) is 1. The smallest absolute Gasteiger partial charge is 0.338 e. The summed E-state index contributed by atoms with van der Waals surface area (Å²) in [7, 11) is 0. The molecule has 0 radical (unpaired) electrons. The fraction of sp³-hybridized carbons (Fsp3) is 0.174. The van der Waals surface area contributed by atoms with Crippen LogP contribution in [0, 0.1) is 0 Å². The third kappa shape index (κ3) is 4.05. The van der Waals surface area contributed by atoms with Crippen molar-refractivity contribution in [2.45, 2.75) is 19.9 Å². The van der Waals surface area contributed by atoms with Crippen LogP contribution in [0.25, 0.3) is 6.08 Å². The molecule has 6 nitrogen and oxygen atoms in total. The number of thiazole rings is 1. The molecule has 0 amide bonds. The summed E-state index contributed by atoms with van der Waals surface area (Å²) < 4.78 is 7.87. The minimum absolute atomic E-state index is 0.0464. The highest BCUT2D eigenvalue weighted by Gasteiger charge is 2.34. The van der Waals surface area contributed by atoms with Crippen molar-refractivity contribution in [2.24, 2.45) is 4.99 Å². The van der Waals surface area contributed by atoms with Gasteiger partial charge in [-0.05, 0) is 49.8 Å². The molecule has 1 N–H and O–H groups in total. The SMILES string of the molecule is CCOC(=O)C1=C(C)N=c2sc(=Cc3cc(Br)ccc3O)c(=O)n2C1c1ccccc1Cl. The lowest BCUT2D eigenvalue weighted by Gasteiger charge is -2.25. The molecule has 1 aliphatic rings. The molecule has 1 aliphatic heterocycles. The first kappa shape index (κ1) is 22.5. The average molecular weight is 534 g/mol. The number of hydrogen-bond donors (Lipinski definition) is 1. The summed E-state index contributed by atoms with van der Waals surface area (Å²) in [5.74, 6) is -0.498. The van der Waals surface area contributed by atoms with E-state index in [0.717, 1.165) is 4.47 Å². The number of phenolic OH excluding ortho intramolecular Hbond substituents is 1. The number of carbonyl (C=O) groups excluding carboxylic acids is 1. The highest BCUT2D eigenvalue weighted by molar-refractivity contribution is 9.10. The molecule has 1 aromatic heterocycles. The van der Waals surface area contributed by atoms with Gasteiger partial charge in [-0.3, -0.25) is 9.36 Å². The maximum Gasteiger partial charge on any atom is 0.338 e. The molecule has 3 aromatic rings. The first-order chi connectivity index (χ1) is 15.3. The van der Waals surface area contributed by atoms with Gasteiger partial charge in [0, 0.05) is 15.1 Å². The Balaban J connectivity index is 2.00. The summed E-state index contributed by atoms with van der Waals surface area (Å²) in [6.45, 7) is 3.63. The second kappa shape index (κ2) is 9.05. The van der Waals surface area contributed by atoms with E-state index >= 15 is 0 Å². The fourth-order valence-corrected chi connectivity index (χ4v) is 5.22. The quantitative estimate of drug-likeness (QED) is 0.516. The van der Waals surface area contributed by atoms with Crippen LogP contribution in [0.5, 0.6) is 5.75 Å². The average Bonchev–Trinajstić information content (AvgIpc) is 3.05. The van der Waals surface area contributed by atoms with Gasteiger partial charge in [-0.2, -0.15) is 0 Å². The van der Waals surface area contributed by atoms with Crippen molar-refractivity contribution in [3.05, 3.63) is 94.0 Å². The van der Waals surface area contributed by atoms with Crippen molar-refractivity contribution in [3.63, 3.8) is 0 Å². The Morgan fingerprint density at radius 3 is 2.81 bits per heavy atom. The summed E-state index contributed by atoms with van der Waals surface area (Å²) >= 11 is 11.0. The zero-order valence-electron chi connectivity index (χ0n) is 17.1. The number of benzene rings is 2. The van der Waals surface area contributed by atoms with Crippen LogP contribution in [0.4, 0.5) is 0 Å². The fourth-order valence-electron chi connectivity index (χ4n) is 3.56. The van der Waals surface area contributed by atoms with Crippen molar-refractivity contribution in [2.75, 3.05) is 6.61 Å². The molecule has 9 heteroatoms. The van der Waals surface area contributed by atoms with Crippen molar-refractivity contribution < 1.29 is 14.6 Å². The molecular weight excluding hydrogens is 516 g/mol. The number of hydrogen-bond acceptors (Lipinski definition) is 6. The van der Waals surface area contributed by atoms with E-state index in [9.17, 15) is 14.7 Å². The lowest BCUT2D eigenvalue weighted by molar-refractivity contribution is -0.139. The first-order valence-electron chi connectivity index (χ1n) is 9.74. The van der Waals surface area contributed by atoms with Gasteiger partial charge in [-0.25, -0.2) is 9.79 Å². The van der Waals surface area contributed by atoms with E-state index < -0.39 is 12.0 Å². The largest absolute Gasteiger partial charge is 0.507 e. The van der Waals surface area contributed by atoms with Crippen LogP contribution in [0.2, 0.25) is 5.02 Å². The first-order valence-corrected chi connectivity index (χ1v) is 11.7. The van der Waals surface area contributed by atoms with Gasteiger partial charge in [0.1, 0.15) is 11.8 Å². The minimum atomic E-state index is -0.780. The molecule has 0 saturated carbocycles. The Morgan fingerprint density at radius 2 is 2.09 bits per heavy atom.